The Bertz CT molecular complexity index is 1160. The summed E-state index contributed by atoms with van der Waals surface area (Å²) in [6, 6.07) is 22.8. The third kappa shape index (κ3) is 4.53. The lowest BCUT2D eigenvalue weighted by molar-refractivity contribution is 0.0135. The first kappa shape index (κ1) is 22.3. The second-order valence-electron chi connectivity index (χ2n) is 7.98. The molecule has 5 N–H and O–H groups in total. The van der Waals surface area contributed by atoms with Crippen LogP contribution in [-0.2, 0) is 4.74 Å². The van der Waals surface area contributed by atoms with Crippen molar-refractivity contribution in [1.29, 1.82) is 5.26 Å². The number of fused-ring (bicyclic) bond motifs is 3. The van der Waals surface area contributed by atoms with E-state index in [1.807, 2.05) is 42.5 Å². The molecule has 2 atom stereocenters. The molecule has 0 aliphatic heterocycles. The second-order valence-corrected chi connectivity index (χ2v) is 7.98. The van der Waals surface area contributed by atoms with Crippen LogP contribution in [0.25, 0.3) is 11.1 Å². The van der Waals surface area contributed by atoms with E-state index in [4.69, 9.17) is 10.5 Å². The van der Waals surface area contributed by atoms with E-state index in [1.54, 1.807) is 18.2 Å². The molecular weight excluding hydrogens is 418 g/mol. The lowest BCUT2D eigenvalue weighted by Gasteiger charge is -2.20. The van der Waals surface area contributed by atoms with Crippen molar-refractivity contribution < 1.29 is 19.7 Å². The molecular formula is C26H25N3O4. The second kappa shape index (κ2) is 9.74. The van der Waals surface area contributed by atoms with Gasteiger partial charge in [-0.2, -0.15) is 5.26 Å². The molecule has 168 valence electrons. The zero-order chi connectivity index (χ0) is 23.4. The average Bonchev–Trinajstić information content (AvgIpc) is 3.15. The van der Waals surface area contributed by atoms with Crippen LogP contribution >= 0.6 is 0 Å². The first-order valence-electron chi connectivity index (χ1n) is 10.7. The van der Waals surface area contributed by atoms with Gasteiger partial charge in [0.05, 0.1) is 11.7 Å². The van der Waals surface area contributed by atoms with Gasteiger partial charge in [-0.05, 0) is 34.7 Å². The molecule has 0 fully saturated rings. The van der Waals surface area contributed by atoms with E-state index in [-0.39, 0.29) is 42.3 Å². The number of aliphatic hydroxyl groups is 2. The number of rotatable bonds is 7. The van der Waals surface area contributed by atoms with Crippen LogP contribution in [0.4, 0.5) is 10.5 Å². The minimum Gasteiger partial charge on any atom is -0.449 e. The number of hydrogen-bond acceptors (Lipinski definition) is 6. The zero-order valence-corrected chi connectivity index (χ0v) is 17.9. The Morgan fingerprint density at radius 1 is 1.03 bits per heavy atom. The molecule has 33 heavy (non-hydrogen) atoms. The van der Waals surface area contributed by atoms with Gasteiger partial charge in [-0.3, -0.25) is 0 Å². The van der Waals surface area contributed by atoms with Gasteiger partial charge in [0.25, 0.3) is 0 Å². The summed E-state index contributed by atoms with van der Waals surface area (Å²) in [6.07, 6.45) is -3.01. The third-order valence-electron chi connectivity index (χ3n) is 5.98. The van der Waals surface area contributed by atoms with E-state index in [1.165, 1.54) is 0 Å². The minimum atomic E-state index is -1.30. The van der Waals surface area contributed by atoms with Crippen LogP contribution in [0.1, 0.15) is 40.7 Å². The third-order valence-corrected chi connectivity index (χ3v) is 5.98. The van der Waals surface area contributed by atoms with E-state index in [0.717, 1.165) is 22.3 Å². The number of nitrogens with zero attached hydrogens (tertiary/aromatic N) is 1. The van der Waals surface area contributed by atoms with Gasteiger partial charge in [0.2, 0.25) is 0 Å². The van der Waals surface area contributed by atoms with Crippen LogP contribution in [0.2, 0.25) is 0 Å². The number of aliphatic hydroxyl groups excluding tert-OH is 2. The van der Waals surface area contributed by atoms with Gasteiger partial charge in [-0.1, -0.05) is 60.7 Å². The van der Waals surface area contributed by atoms with E-state index >= 15 is 0 Å². The Balaban J connectivity index is 1.30. The molecule has 3 aromatic rings. The highest BCUT2D eigenvalue weighted by atomic mass is 16.5. The summed E-state index contributed by atoms with van der Waals surface area (Å²) < 4.78 is 5.47. The van der Waals surface area contributed by atoms with Gasteiger partial charge in [-0.15, -0.1) is 0 Å². The summed E-state index contributed by atoms with van der Waals surface area (Å²) in [5.41, 5.74) is 10.9. The Morgan fingerprint density at radius 3 is 2.30 bits per heavy atom. The fourth-order valence-electron chi connectivity index (χ4n) is 4.30. The Kier molecular flexibility index (Phi) is 6.59. The Morgan fingerprint density at radius 2 is 1.67 bits per heavy atom. The van der Waals surface area contributed by atoms with Gasteiger partial charge >= 0.3 is 6.09 Å². The highest BCUT2D eigenvalue weighted by molar-refractivity contribution is 5.79. The molecule has 0 saturated carbocycles. The fraction of sp³-hybridized carbons (Fsp3) is 0.231. The molecule has 0 heterocycles. The van der Waals surface area contributed by atoms with Crippen LogP contribution in [0.5, 0.6) is 0 Å². The van der Waals surface area contributed by atoms with Crippen LogP contribution in [-0.4, -0.2) is 35.6 Å². The number of nitrogens with two attached hydrogens (primary N) is 1. The molecule has 1 aliphatic carbocycles. The van der Waals surface area contributed by atoms with Crippen LogP contribution in [0.15, 0.2) is 66.7 Å². The maximum atomic E-state index is 12.3. The van der Waals surface area contributed by atoms with Crippen molar-refractivity contribution in [2.24, 2.45) is 0 Å². The standard InChI is InChI=1S/C26H25N3O4/c27-14-21-20(10-5-11-23(21)28)25(31)24(30)12-13-29-26(32)33-15-22-18-8-3-1-6-16(18)17-7-2-4-9-19(17)22/h1-11,22,24-25,30-31H,12-13,15,28H2,(H,29,32). The number of benzene rings is 3. The van der Waals surface area contributed by atoms with Crippen molar-refractivity contribution in [3.63, 3.8) is 0 Å². The monoisotopic (exact) mass is 443 g/mol. The molecule has 3 aromatic carbocycles. The van der Waals surface area contributed by atoms with Gasteiger partial charge in [0.1, 0.15) is 18.8 Å². The van der Waals surface area contributed by atoms with Crippen LogP contribution in [0.3, 0.4) is 0 Å². The van der Waals surface area contributed by atoms with Crippen molar-refractivity contribution in [3.05, 3.63) is 89.0 Å². The number of hydrogen-bond donors (Lipinski definition) is 4. The van der Waals surface area contributed by atoms with E-state index in [2.05, 4.69) is 17.4 Å². The molecule has 4 rings (SSSR count). The topological polar surface area (TPSA) is 129 Å². The number of ether oxygens (including phenoxy) is 1. The van der Waals surface area contributed by atoms with Gasteiger partial charge in [0, 0.05) is 23.7 Å². The summed E-state index contributed by atoms with van der Waals surface area (Å²) in [7, 11) is 0. The van der Waals surface area contributed by atoms with E-state index in [9.17, 15) is 20.3 Å². The lowest BCUT2D eigenvalue weighted by Crippen LogP contribution is -2.31. The fourth-order valence-corrected chi connectivity index (χ4v) is 4.30. The molecule has 1 aliphatic rings. The Labute approximate surface area is 192 Å². The van der Waals surface area contributed by atoms with E-state index in [0.29, 0.717) is 0 Å². The van der Waals surface area contributed by atoms with Crippen molar-refractivity contribution >= 4 is 11.8 Å². The molecule has 0 spiro atoms. The SMILES string of the molecule is N#Cc1c(N)cccc1C(O)C(O)CCNC(=O)OCC1c2ccccc2-c2ccccc21. The van der Waals surface area contributed by atoms with Gasteiger partial charge in [-0.25, -0.2) is 4.79 Å². The minimum absolute atomic E-state index is 0.0384. The summed E-state index contributed by atoms with van der Waals surface area (Å²) in [4.78, 5) is 12.3. The van der Waals surface area contributed by atoms with Crippen LogP contribution in [0, 0.1) is 11.3 Å². The molecule has 2 unspecified atom stereocenters. The van der Waals surface area contributed by atoms with Crippen molar-refractivity contribution in [3.8, 4) is 17.2 Å². The maximum Gasteiger partial charge on any atom is 0.407 e. The quantitative estimate of drug-likeness (QED) is 0.414. The molecule has 7 nitrogen and oxygen atoms in total. The molecule has 0 radical (unpaired) electrons. The number of carbonyl (C=O) groups excluding carboxylic acids is 1. The molecule has 0 aromatic heterocycles. The first-order valence-corrected chi connectivity index (χ1v) is 10.7. The van der Waals surface area contributed by atoms with E-state index < -0.39 is 18.3 Å². The Hall–Kier alpha value is -3.86. The molecule has 0 saturated heterocycles. The van der Waals surface area contributed by atoms with Crippen molar-refractivity contribution in [2.45, 2.75) is 24.5 Å². The first-order chi connectivity index (χ1) is 16.0. The normalized spacial score (nSPS) is 14.0. The summed E-state index contributed by atoms with van der Waals surface area (Å²) in [6.45, 7) is 0.291. The molecule has 1 amide bonds. The zero-order valence-electron chi connectivity index (χ0n) is 17.9. The number of nitrogens with one attached hydrogen (secondary N) is 1. The number of nitrogen functional groups attached to an aromatic ring is 1. The summed E-state index contributed by atoms with van der Waals surface area (Å²) >= 11 is 0. The smallest absolute Gasteiger partial charge is 0.407 e. The predicted molar refractivity (Wildman–Crippen MR) is 124 cm³/mol. The predicted octanol–water partition coefficient (Wildman–Crippen LogP) is 3.46. The number of nitriles is 1. The highest BCUT2D eigenvalue weighted by Crippen LogP contribution is 2.44. The number of amides is 1. The number of carbonyl (C=O) groups is 1. The number of alkyl carbamates (subject to hydrolysis) is 1. The lowest BCUT2D eigenvalue weighted by atomic mass is 9.96. The number of anilines is 1. The largest absolute Gasteiger partial charge is 0.449 e. The molecule has 7 heteroatoms. The van der Waals surface area contributed by atoms with Crippen molar-refractivity contribution in [2.75, 3.05) is 18.9 Å². The molecule has 0 bridgehead atoms. The average molecular weight is 444 g/mol. The van der Waals surface area contributed by atoms with Gasteiger partial charge in [0.15, 0.2) is 0 Å². The summed E-state index contributed by atoms with van der Waals surface area (Å²) in [5.74, 6) is -0.0384. The maximum absolute atomic E-state index is 12.3. The highest BCUT2D eigenvalue weighted by Gasteiger charge is 2.29. The summed E-state index contributed by atoms with van der Waals surface area (Å²) in [5, 5.41) is 32.6. The van der Waals surface area contributed by atoms with Crippen LogP contribution < -0.4 is 11.1 Å². The van der Waals surface area contributed by atoms with Crippen molar-refractivity contribution in [1.82, 2.24) is 5.32 Å². The van der Waals surface area contributed by atoms with Gasteiger partial charge < -0.3 is 26.0 Å².